The average Bonchev–Trinajstić information content (AvgIpc) is 2.33. The average molecular weight is 320 g/mol. The molecule has 6 nitrogen and oxygen atoms in total. The standard InChI is InChI=1S/C12H20N2O4S2/c1-13-7-8-14(2)11-6-5-10(19(3,15)16)9-12(11)20(4,17)18/h5-6,9,13H,7-8H2,1-4H3. The molecule has 0 atom stereocenters. The van der Waals surface area contributed by atoms with E-state index in [0.717, 1.165) is 12.5 Å². The first kappa shape index (κ1) is 16.9. The molecule has 0 aliphatic carbocycles. The Kier molecular flexibility index (Phi) is 5.17. The van der Waals surface area contributed by atoms with E-state index in [9.17, 15) is 16.8 Å². The van der Waals surface area contributed by atoms with Crippen molar-refractivity contribution in [2.75, 3.05) is 44.6 Å². The van der Waals surface area contributed by atoms with Crippen molar-refractivity contribution in [3.05, 3.63) is 18.2 Å². The van der Waals surface area contributed by atoms with E-state index in [1.165, 1.54) is 18.2 Å². The Morgan fingerprint density at radius 3 is 2.15 bits per heavy atom. The first-order valence-corrected chi connectivity index (χ1v) is 9.75. The van der Waals surface area contributed by atoms with Crippen molar-refractivity contribution < 1.29 is 16.8 Å². The monoisotopic (exact) mass is 320 g/mol. The molecule has 0 spiro atoms. The zero-order chi connectivity index (χ0) is 15.6. The van der Waals surface area contributed by atoms with Crippen LogP contribution in [-0.2, 0) is 19.7 Å². The molecule has 0 unspecified atom stereocenters. The van der Waals surface area contributed by atoms with E-state index in [1.54, 1.807) is 19.0 Å². The van der Waals surface area contributed by atoms with Crippen LogP contribution in [0.4, 0.5) is 5.69 Å². The van der Waals surface area contributed by atoms with Crippen molar-refractivity contribution >= 4 is 25.4 Å². The predicted molar refractivity (Wildman–Crippen MR) is 79.9 cm³/mol. The summed E-state index contributed by atoms with van der Waals surface area (Å²) in [6, 6.07) is 4.17. The first-order chi connectivity index (χ1) is 9.07. The molecule has 0 amide bonds. The minimum atomic E-state index is -3.51. The summed E-state index contributed by atoms with van der Waals surface area (Å²) >= 11 is 0. The predicted octanol–water partition coefficient (Wildman–Crippen LogP) is 0.149. The molecule has 114 valence electrons. The normalized spacial score (nSPS) is 12.4. The van der Waals surface area contributed by atoms with Gasteiger partial charge in [0, 0.05) is 32.6 Å². The second kappa shape index (κ2) is 6.11. The summed E-state index contributed by atoms with van der Waals surface area (Å²) in [6.07, 6.45) is 2.13. The van der Waals surface area contributed by atoms with Gasteiger partial charge in [-0.15, -0.1) is 0 Å². The third kappa shape index (κ3) is 4.19. The lowest BCUT2D eigenvalue weighted by atomic mass is 10.3. The van der Waals surface area contributed by atoms with Gasteiger partial charge < -0.3 is 10.2 Å². The Bertz CT molecular complexity index is 681. The molecule has 0 saturated carbocycles. The van der Waals surface area contributed by atoms with Gasteiger partial charge in [0.25, 0.3) is 0 Å². The van der Waals surface area contributed by atoms with Gasteiger partial charge in [0.2, 0.25) is 0 Å². The number of nitrogens with one attached hydrogen (secondary N) is 1. The molecule has 0 fully saturated rings. The molecule has 0 aliphatic heterocycles. The van der Waals surface area contributed by atoms with E-state index in [-0.39, 0.29) is 9.79 Å². The smallest absolute Gasteiger partial charge is 0.177 e. The van der Waals surface area contributed by atoms with Crippen LogP contribution in [0.1, 0.15) is 0 Å². The maximum absolute atomic E-state index is 11.9. The fraction of sp³-hybridized carbons (Fsp3) is 0.500. The molecule has 0 saturated heterocycles. The minimum absolute atomic E-state index is 0.00342. The number of benzene rings is 1. The van der Waals surface area contributed by atoms with Gasteiger partial charge in [-0.25, -0.2) is 16.8 Å². The second-order valence-electron chi connectivity index (χ2n) is 4.70. The van der Waals surface area contributed by atoms with Crippen LogP contribution in [-0.4, -0.2) is 56.5 Å². The fourth-order valence-corrected chi connectivity index (χ4v) is 3.40. The van der Waals surface area contributed by atoms with Crippen LogP contribution in [0.25, 0.3) is 0 Å². The van der Waals surface area contributed by atoms with Crippen molar-refractivity contribution in [1.82, 2.24) is 5.32 Å². The van der Waals surface area contributed by atoms with E-state index < -0.39 is 19.7 Å². The number of anilines is 1. The van der Waals surface area contributed by atoms with Gasteiger partial charge in [-0.05, 0) is 25.2 Å². The molecule has 1 aromatic carbocycles. The van der Waals surface area contributed by atoms with Gasteiger partial charge in [0.1, 0.15) is 0 Å². The quantitative estimate of drug-likeness (QED) is 0.803. The largest absolute Gasteiger partial charge is 0.372 e. The van der Waals surface area contributed by atoms with Crippen LogP contribution in [0.5, 0.6) is 0 Å². The van der Waals surface area contributed by atoms with Crippen LogP contribution >= 0.6 is 0 Å². The summed E-state index contributed by atoms with van der Waals surface area (Å²) in [6.45, 7) is 1.30. The van der Waals surface area contributed by atoms with Crippen LogP contribution in [0, 0.1) is 0 Å². The van der Waals surface area contributed by atoms with Crippen LogP contribution in [0.2, 0.25) is 0 Å². The lowest BCUT2D eigenvalue weighted by molar-refractivity contribution is 0.600. The van der Waals surface area contributed by atoms with Gasteiger partial charge in [0.15, 0.2) is 19.7 Å². The molecule has 8 heteroatoms. The lowest BCUT2D eigenvalue weighted by Crippen LogP contribution is -2.28. The van der Waals surface area contributed by atoms with Crippen molar-refractivity contribution in [3.63, 3.8) is 0 Å². The Balaban J connectivity index is 3.40. The van der Waals surface area contributed by atoms with Crippen LogP contribution in [0.15, 0.2) is 28.0 Å². The van der Waals surface area contributed by atoms with Crippen molar-refractivity contribution in [1.29, 1.82) is 0 Å². The van der Waals surface area contributed by atoms with Gasteiger partial charge in [-0.3, -0.25) is 0 Å². The Morgan fingerprint density at radius 2 is 1.70 bits per heavy atom. The molecular weight excluding hydrogens is 300 g/mol. The summed E-state index contributed by atoms with van der Waals surface area (Å²) in [7, 11) is -3.38. The Hall–Kier alpha value is -1.12. The summed E-state index contributed by atoms with van der Waals surface area (Å²) in [4.78, 5) is 1.81. The topological polar surface area (TPSA) is 83.6 Å². The van der Waals surface area contributed by atoms with Crippen LogP contribution < -0.4 is 10.2 Å². The summed E-state index contributed by atoms with van der Waals surface area (Å²) in [5.41, 5.74) is 0.496. The minimum Gasteiger partial charge on any atom is -0.372 e. The molecule has 0 bridgehead atoms. The van der Waals surface area contributed by atoms with Crippen molar-refractivity contribution in [3.8, 4) is 0 Å². The highest BCUT2D eigenvalue weighted by atomic mass is 32.2. The molecule has 0 aliphatic rings. The molecule has 1 aromatic rings. The highest BCUT2D eigenvalue weighted by molar-refractivity contribution is 7.91. The third-order valence-corrected chi connectivity index (χ3v) is 5.10. The second-order valence-corrected chi connectivity index (χ2v) is 8.70. The molecule has 0 heterocycles. The van der Waals surface area contributed by atoms with Crippen LogP contribution in [0.3, 0.4) is 0 Å². The number of rotatable bonds is 6. The first-order valence-electron chi connectivity index (χ1n) is 5.97. The van der Waals surface area contributed by atoms with E-state index in [2.05, 4.69) is 5.32 Å². The molecular formula is C12H20N2O4S2. The lowest BCUT2D eigenvalue weighted by Gasteiger charge is -2.22. The number of sulfone groups is 2. The molecule has 1 rings (SSSR count). The Morgan fingerprint density at radius 1 is 1.10 bits per heavy atom. The van der Waals surface area contributed by atoms with Crippen molar-refractivity contribution in [2.24, 2.45) is 0 Å². The molecule has 0 radical (unpaired) electrons. The van der Waals surface area contributed by atoms with Gasteiger partial charge in [-0.1, -0.05) is 0 Å². The highest BCUT2D eigenvalue weighted by Gasteiger charge is 2.19. The summed E-state index contributed by atoms with van der Waals surface area (Å²) in [5.74, 6) is 0. The summed E-state index contributed by atoms with van der Waals surface area (Å²) in [5, 5.41) is 2.98. The Labute approximate surface area is 120 Å². The highest BCUT2D eigenvalue weighted by Crippen LogP contribution is 2.27. The van der Waals surface area contributed by atoms with E-state index in [4.69, 9.17) is 0 Å². The van der Waals surface area contributed by atoms with E-state index in [1.807, 2.05) is 0 Å². The van der Waals surface area contributed by atoms with E-state index >= 15 is 0 Å². The van der Waals surface area contributed by atoms with Gasteiger partial charge in [-0.2, -0.15) is 0 Å². The third-order valence-electron chi connectivity index (χ3n) is 2.87. The maximum Gasteiger partial charge on any atom is 0.177 e. The summed E-state index contributed by atoms with van der Waals surface area (Å²) < 4.78 is 46.8. The van der Waals surface area contributed by atoms with Gasteiger partial charge >= 0.3 is 0 Å². The fourth-order valence-electron chi connectivity index (χ4n) is 1.74. The number of hydrogen-bond acceptors (Lipinski definition) is 6. The molecule has 1 N–H and O–H groups in total. The zero-order valence-corrected chi connectivity index (χ0v) is 13.7. The maximum atomic E-state index is 11.9. The number of hydrogen-bond donors (Lipinski definition) is 1. The SMILES string of the molecule is CNCCN(C)c1ccc(S(C)(=O)=O)cc1S(C)(=O)=O. The molecule has 0 aromatic heterocycles. The number of likely N-dealkylation sites (N-methyl/N-ethyl adjacent to an activating group) is 2. The molecule has 20 heavy (non-hydrogen) atoms. The number of nitrogens with zero attached hydrogens (tertiary/aromatic N) is 1. The van der Waals surface area contributed by atoms with E-state index in [0.29, 0.717) is 18.8 Å². The van der Waals surface area contributed by atoms with Crippen molar-refractivity contribution in [2.45, 2.75) is 9.79 Å². The van der Waals surface area contributed by atoms with Gasteiger partial charge in [0.05, 0.1) is 15.5 Å². The zero-order valence-electron chi connectivity index (χ0n) is 12.0.